The standard InChI is InChI=1S/C30H42O4/c1-4-14-28(3,15-5-2)26(31)25-12-9-23(10-13-25)8-11-24-7-6-16-29(27(24)32)17-19-30(20-18-29)33-21-22-34-30/h4-5,9-10,12-15,24,26,31H,6-8,11,16-22H2,1-3H3. The van der Waals surface area contributed by atoms with E-state index in [0.29, 0.717) is 19.0 Å². The highest BCUT2D eigenvalue weighted by Crippen LogP contribution is 2.51. The van der Waals surface area contributed by atoms with Crippen LogP contribution in [0.25, 0.3) is 0 Å². The van der Waals surface area contributed by atoms with Gasteiger partial charge in [0.05, 0.1) is 19.3 Å². The summed E-state index contributed by atoms with van der Waals surface area (Å²) in [5.41, 5.74) is 1.57. The molecule has 1 aromatic rings. The Bertz CT molecular complexity index is 869. The number of allylic oxidation sites excluding steroid dienone is 2. The maximum Gasteiger partial charge on any atom is 0.168 e. The molecule has 2 spiro atoms. The zero-order chi connectivity index (χ0) is 24.2. The maximum absolute atomic E-state index is 13.6. The van der Waals surface area contributed by atoms with E-state index in [2.05, 4.69) is 12.1 Å². The van der Waals surface area contributed by atoms with E-state index in [1.165, 1.54) is 5.56 Å². The van der Waals surface area contributed by atoms with E-state index >= 15 is 0 Å². The van der Waals surface area contributed by atoms with Crippen molar-refractivity contribution in [1.82, 2.24) is 0 Å². The molecular weight excluding hydrogens is 424 g/mol. The second kappa shape index (κ2) is 10.5. The first-order valence-corrected chi connectivity index (χ1v) is 13.2. The van der Waals surface area contributed by atoms with Crippen molar-refractivity contribution < 1.29 is 19.4 Å². The molecule has 1 N–H and O–H groups in total. The van der Waals surface area contributed by atoms with Gasteiger partial charge in [-0.05, 0) is 70.4 Å². The predicted molar refractivity (Wildman–Crippen MR) is 135 cm³/mol. The molecule has 2 unspecified atom stereocenters. The van der Waals surface area contributed by atoms with E-state index in [4.69, 9.17) is 9.47 Å². The van der Waals surface area contributed by atoms with Gasteiger partial charge in [-0.25, -0.2) is 0 Å². The number of Topliss-reactive ketones (excluding diaryl/α,β-unsaturated/α-hetero) is 1. The SMILES string of the molecule is CC=CC(C)(C=CC)C(O)c1ccc(CCC2CCCC3(CCC4(CC3)OCCO4)C2=O)cc1. The molecule has 1 heterocycles. The van der Waals surface area contributed by atoms with Crippen LogP contribution in [0.15, 0.2) is 48.6 Å². The summed E-state index contributed by atoms with van der Waals surface area (Å²) >= 11 is 0. The van der Waals surface area contributed by atoms with Gasteiger partial charge in [-0.3, -0.25) is 4.79 Å². The highest BCUT2D eigenvalue weighted by molar-refractivity contribution is 5.87. The Hall–Kier alpha value is -1.75. The molecule has 1 saturated heterocycles. The molecule has 2 saturated carbocycles. The number of benzene rings is 1. The van der Waals surface area contributed by atoms with E-state index in [1.807, 2.05) is 57.2 Å². The predicted octanol–water partition coefficient (Wildman–Crippen LogP) is 6.48. The zero-order valence-corrected chi connectivity index (χ0v) is 21.2. The summed E-state index contributed by atoms with van der Waals surface area (Å²) in [6, 6.07) is 8.31. The van der Waals surface area contributed by atoms with E-state index in [9.17, 15) is 9.90 Å². The summed E-state index contributed by atoms with van der Waals surface area (Å²) in [5, 5.41) is 11.0. The fourth-order valence-corrected chi connectivity index (χ4v) is 6.56. The minimum absolute atomic E-state index is 0.151. The van der Waals surface area contributed by atoms with Gasteiger partial charge in [0.25, 0.3) is 0 Å². The van der Waals surface area contributed by atoms with Crippen LogP contribution in [0.1, 0.15) is 89.4 Å². The number of ketones is 1. The molecule has 3 aliphatic rings. The van der Waals surface area contributed by atoms with E-state index in [1.54, 1.807) is 0 Å². The third-order valence-electron chi connectivity index (χ3n) is 8.60. The van der Waals surface area contributed by atoms with Crippen LogP contribution in [0.4, 0.5) is 0 Å². The van der Waals surface area contributed by atoms with Crippen molar-refractivity contribution in [1.29, 1.82) is 0 Å². The molecule has 34 heavy (non-hydrogen) atoms. The van der Waals surface area contributed by atoms with Gasteiger partial charge in [0.1, 0.15) is 5.78 Å². The Balaban J connectivity index is 1.35. The van der Waals surface area contributed by atoms with Crippen LogP contribution < -0.4 is 0 Å². The fraction of sp³-hybridized carbons (Fsp3) is 0.633. The van der Waals surface area contributed by atoms with Gasteiger partial charge < -0.3 is 14.6 Å². The van der Waals surface area contributed by atoms with Crippen molar-refractivity contribution in [2.45, 2.75) is 90.4 Å². The average molecular weight is 467 g/mol. The Labute approximate surface area is 205 Å². The highest BCUT2D eigenvalue weighted by Gasteiger charge is 2.51. The minimum atomic E-state index is -0.601. The van der Waals surface area contributed by atoms with Gasteiger partial charge in [-0.15, -0.1) is 0 Å². The first-order valence-electron chi connectivity index (χ1n) is 13.2. The van der Waals surface area contributed by atoms with Crippen molar-refractivity contribution in [3.05, 3.63) is 59.7 Å². The third kappa shape index (κ3) is 5.10. The van der Waals surface area contributed by atoms with Crippen LogP contribution in [0.2, 0.25) is 0 Å². The van der Waals surface area contributed by atoms with Gasteiger partial charge in [-0.2, -0.15) is 0 Å². The molecule has 0 bridgehead atoms. The number of aliphatic hydroxyl groups is 1. The number of hydrogen-bond acceptors (Lipinski definition) is 4. The van der Waals surface area contributed by atoms with E-state index in [0.717, 1.165) is 63.4 Å². The average Bonchev–Trinajstić information content (AvgIpc) is 3.30. The van der Waals surface area contributed by atoms with Gasteiger partial charge in [0, 0.05) is 29.6 Å². The summed E-state index contributed by atoms with van der Waals surface area (Å²) < 4.78 is 11.8. The molecule has 2 aliphatic carbocycles. The quantitative estimate of drug-likeness (QED) is 0.467. The summed E-state index contributed by atoms with van der Waals surface area (Å²) in [7, 11) is 0. The molecule has 2 atom stereocenters. The largest absolute Gasteiger partial charge is 0.387 e. The summed E-state index contributed by atoms with van der Waals surface area (Å²) in [6.07, 6.45) is 16.0. The smallest absolute Gasteiger partial charge is 0.168 e. The molecule has 1 aromatic carbocycles. The monoisotopic (exact) mass is 466 g/mol. The third-order valence-corrected chi connectivity index (χ3v) is 8.60. The van der Waals surface area contributed by atoms with Crippen molar-refractivity contribution in [2.24, 2.45) is 16.7 Å². The molecular formula is C30H42O4. The molecule has 4 rings (SSSR count). The molecule has 4 nitrogen and oxygen atoms in total. The maximum atomic E-state index is 13.6. The molecule has 4 heteroatoms. The normalized spacial score (nSPS) is 27.1. The first-order chi connectivity index (χ1) is 16.4. The first kappa shape index (κ1) is 25.3. The number of aryl methyl sites for hydroxylation is 1. The van der Waals surface area contributed by atoms with Crippen LogP contribution in [0.5, 0.6) is 0 Å². The van der Waals surface area contributed by atoms with Crippen molar-refractivity contribution >= 4 is 5.78 Å². The summed E-state index contributed by atoms with van der Waals surface area (Å²) in [5.74, 6) is 0.249. The highest BCUT2D eigenvalue weighted by atomic mass is 16.7. The number of carbonyl (C=O) groups is 1. The second-order valence-electron chi connectivity index (χ2n) is 10.9. The van der Waals surface area contributed by atoms with Crippen LogP contribution in [-0.4, -0.2) is 29.9 Å². The Morgan fingerprint density at radius 2 is 1.65 bits per heavy atom. The van der Waals surface area contributed by atoms with Gasteiger partial charge >= 0.3 is 0 Å². The Kier molecular flexibility index (Phi) is 7.81. The molecule has 0 amide bonds. The van der Waals surface area contributed by atoms with Gasteiger partial charge in [-0.1, -0.05) is 55.0 Å². The van der Waals surface area contributed by atoms with Crippen LogP contribution >= 0.6 is 0 Å². The minimum Gasteiger partial charge on any atom is -0.387 e. The Morgan fingerprint density at radius 1 is 1.03 bits per heavy atom. The van der Waals surface area contributed by atoms with Gasteiger partial charge in [0.15, 0.2) is 5.79 Å². The van der Waals surface area contributed by atoms with Crippen molar-refractivity contribution in [3.8, 4) is 0 Å². The summed E-state index contributed by atoms with van der Waals surface area (Å²) in [4.78, 5) is 13.6. The molecule has 186 valence electrons. The van der Waals surface area contributed by atoms with E-state index < -0.39 is 17.3 Å². The number of carbonyl (C=O) groups excluding carboxylic acids is 1. The lowest BCUT2D eigenvalue weighted by Gasteiger charge is -2.46. The van der Waals surface area contributed by atoms with Crippen molar-refractivity contribution in [2.75, 3.05) is 13.2 Å². The molecule has 1 aliphatic heterocycles. The number of hydrogen-bond donors (Lipinski definition) is 1. The van der Waals surface area contributed by atoms with Crippen LogP contribution in [0.3, 0.4) is 0 Å². The lowest BCUT2D eigenvalue weighted by molar-refractivity contribution is -0.195. The lowest BCUT2D eigenvalue weighted by atomic mass is 9.60. The Morgan fingerprint density at radius 3 is 2.24 bits per heavy atom. The van der Waals surface area contributed by atoms with Gasteiger partial charge in [0.2, 0.25) is 0 Å². The number of aliphatic hydroxyl groups excluding tert-OH is 1. The molecule has 3 fully saturated rings. The second-order valence-corrected chi connectivity index (χ2v) is 10.9. The van der Waals surface area contributed by atoms with Crippen LogP contribution in [0, 0.1) is 16.7 Å². The number of rotatable bonds is 7. The lowest BCUT2D eigenvalue weighted by Crippen LogP contribution is -2.47. The zero-order valence-electron chi connectivity index (χ0n) is 21.2. The molecule has 0 radical (unpaired) electrons. The topological polar surface area (TPSA) is 55.8 Å². The number of ether oxygens (including phenoxy) is 2. The van der Waals surface area contributed by atoms with Crippen molar-refractivity contribution in [3.63, 3.8) is 0 Å². The van der Waals surface area contributed by atoms with E-state index in [-0.39, 0.29) is 11.3 Å². The van der Waals surface area contributed by atoms with Crippen LogP contribution in [-0.2, 0) is 20.7 Å². The fourth-order valence-electron chi connectivity index (χ4n) is 6.56. The summed E-state index contributed by atoms with van der Waals surface area (Å²) in [6.45, 7) is 7.38. The molecule has 0 aromatic heterocycles.